The minimum Gasteiger partial charge on any atom is -0.507 e. The molecular weight excluding hydrogens is 445 g/mol. The van der Waals surface area contributed by atoms with Crippen molar-refractivity contribution in [1.82, 2.24) is 9.88 Å². The highest BCUT2D eigenvalue weighted by Crippen LogP contribution is 2.47. The summed E-state index contributed by atoms with van der Waals surface area (Å²) in [7, 11) is 0. The molecule has 1 aromatic heterocycles. The maximum absolute atomic E-state index is 14.7. The molecule has 0 bridgehead atoms. The van der Waals surface area contributed by atoms with Crippen molar-refractivity contribution in [3.63, 3.8) is 0 Å². The predicted molar refractivity (Wildman–Crippen MR) is 127 cm³/mol. The quantitative estimate of drug-likeness (QED) is 0.554. The van der Waals surface area contributed by atoms with Crippen molar-refractivity contribution in [3.05, 3.63) is 59.5 Å². The standard InChI is InChI=1S/C25H23ClFN3O3/c1-4-21(32)29-11-15-12-33-20-9-28-24-14(3)22(23-18(27)6-5-7-19(23)31)17(26)8-16(24)25(20)30(15)10-13(29)2/h4-9,13,15,31H,1,10-12H2,2-3H3/t13-,15-/m1/s1. The number of piperazine rings is 1. The van der Waals surface area contributed by atoms with E-state index >= 15 is 0 Å². The predicted octanol–water partition coefficient (Wildman–Crippen LogP) is 4.69. The summed E-state index contributed by atoms with van der Waals surface area (Å²) < 4.78 is 20.7. The van der Waals surface area contributed by atoms with Crippen LogP contribution in [0.1, 0.15) is 12.5 Å². The van der Waals surface area contributed by atoms with Crippen LogP contribution in [0.3, 0.4) is 0 Å². The number of carbonyl (C=O) groups is 1. The van der Waals surface area contributed by atoms with Gasteiger partial charge < -0.3 is 19.6 Å². The van der Waals surface area contributed by atoms with E-state index in [1.165, 1.54) is 24.3 Å². The molecule has 6 nitrogen and oxygen atoms in total. The van der Waals surface area contributed by atoms with Gasteiger partial charge in [-0.25, -0.2) is 4.39 Å². The lowest BCUT2D eigenvalue weighted by molar-refractivity contribution is -0.129. The third-order valence-corrected chi connectivity index (χ3v) is 6.85. The number of phenols is 1. The monoisotopic (exact) mass is 467 g/mol. The van der Waals surface area contributed by atoms with Gasteiger partial charge in [0, 0.05) is 35.1 Å². The van der Waals surface area contributed by atoms with E-state index in [0.29, 0.717) is 47.1 Å². The molecule has 33 heavy (non-hydrogen) atoms. The van der Waals surface area contributed by atoms with E-state index in [1.54, 1.807) is 12.3 Å². The first-order valence-corrected chi connectivity index (χ1v) is 11.1. The van der Waals surface area contributed by atoms with Gasteiger partial charge in [0.05, 0.1) is 29.0 Å². The number of pyridine rings is 1. The first-order valence-electron chi connectivity index (χ1n) is 10.7. The summed E-state index contributed by atoms with van der Waals surface area (Å²) >= 11 is 6.69. The Bertz CT molecular complexity index is 1290. The lowest BCUT2D eigenvalue weighted by atomic mass is 9.94. The SMILES string of the molecule is C=CC(=O)N1C[C@@H]2COc3cnc4c(C)c(-c5c(O)cccc5F)c(Cl)cc4c3N2C[C@H]1C. The molecule has 0 aliphatic carbocycles. The van der Waals surface area contributed by atoms with Crippen molar-refractivity contribution >= 4 is 34.1 Å². The zero-order chi connectivity index (χ0) is 23.4. The molecule has 2 atom stereocenters. The van der Waals surface area contributed by atoms with Crippen LogP contribution in [-0.4, -0.2) is 52.7 Å². The van der Waals surface area contributed by atoms with E-state index in [2.05, 4.69) is 16.5 Å². The second-order valence-corrected chi connectivity index (χ2v) is 8.93. The lowest BCUT2D eigenvalue weighted by Crippen LogP contribution is -2.61. The number of aromatic hydroxyl groups is 1. The van der Waals surface area contributed by atoms with Crippen molar-refractivity contribution in [3.8, 4) is 22.6 Å². The zero-order valence-corrected chi connectivity index (χ0v) is 19.1. The molecule has 1 N–H and O–H groups in total. The number of hydrogen-bond acceptors (Lipinski definition) is 5. The van der Waals surface area contributed by atoms with Crippen LogP contribution in [0.2, 0.25) is 5.02 Å². The number of ether oxygens (including phenoxy) is 1. The molecule has 1 fully saturated rings. The number of halogens is 2. The second-order valence-electron chi connectivity index (χ2n) is 8.52. The van der Waals surface area contributed by atoms with E-state index in [1.807, 2.05) is 18.7 Å². The number of hydrogen-bond donors (Lipinski definition) is 1. The van der Waals surface area contributed by atoms with Gasteiger partial charge in [0.1, 0.15) is 18.2 Å². The molecule has 8 heteroatoms. The van der Waals surface area contributed by atoms with E-state index in [9.17, 15) is 14.3 Å². The molecule has 2 aromatic carbocycles. The summed E-state index contributed by atoms with van der Waals surface area (Å²) in [5.74, 6) is -0.192. The number of amides is 1. The molecule has 2 aliphatic rings. The molecule has 3 aromatic rings. The number of carbonyl (C=O) groups excluding carboxylic acids is 1. The highest BCUT2D eigenvalue weighted by Gasteiger charge is 2.39. The second kappa shape index (κ2) is 7.92. The fourth-order valence-corrected chi connectivity index (χ4v) is 5.31. The highest BCUT2D eigenvalue weighted by molar-refractivity contribution is 6.35. The van der Waals surface area contributed by atoms with Crippen molar-refractivity contribution in [2.24, 2.45) is 0 Å². The summed E-state index contributed by atoms with van der Waals surface area (Å²) in [6, 6.07) is 5.88. The van der Waals surface area contributed by atoms with Crippen LogP contribution in [0.25, 0.3) is 22.0 Å². The summed E-state index contributed by atoms with van der Waals surface area (Å²) in [5.41, 5.74) is 2.65. The first-order chi connectivity index (χ1) is 15.8. The summed E-state index contributed by atoms with van der Waals surface area (Å²) in [6.45, 7) is 9.01. The van der Waals surface area contributed by atoms with Gasteiger partial charge in [0.2, 0.25) is 5.91 Å². The molecule has 0 saturated carbocycles. The van der Waals surface area contributed by atoms with Crippen molar-refractivity contribution < 1.29 is 19.0 Å². The van der Waals surface area contributed by atoms with Crippen molar-refractivity contribution in [2.45, 2.75) is 25.9 Å². The Labute approximate surface area is 195 Å². The van der Waals surface area contributed by atoms with Gasteiger partial charge in [0.25, 0.3) is 0 Å². The summed E-state index contributed by atoms with van der Waals surface area (Å²) in [4.78, 5) is 21.0. The molecule has 0 radical (unpaired) electrons. The number of nitrogens with zero attached hydrogens (tertiary/aromatic N) is 3. The van der Waals surface area contributed by atoms with Gasteiger partial charge in [-0.15, -0.1) is 0 Å². The Morgan fingerprint density at radius 1 is 1.36 bits per heavy atom. The van der Waals surface area contributed by atoms with Gasteiger partial charge in [-0.1, -0.05) is 24.2 Å². The average molecular weight is 468 g/mol. The number of aryl methyl sites for hydroxylation is 1. The first kappa shape index (κ1) is 21.5. The molecule has 3 heterocycles. The van der Waals surface area contributed by atoms with E-state index < -0.39 is 5.82 Å². The Balaban J connectivity index is 1.67. The molecule has 0 spiro atoms. The Hall–Kier alpha value is -3.32. The number of fused-ring (bicyclic) bond motifs is 5. The smallest absolute Gasteiger partial charge is 0.246 e. The molecule has 2 aliphatic heterocycles. The molecule has 1 amide bonds. The van der Waals surface area contributed by atoms with Crippen LogP contribution in [0, 0.1) is 12.7 Å². The van der Waals surface area contributed by atoms with E-state index in [4.69, 9.17) is 16.3 Å². The van der Waals surface area contributed by atoms with Crippen LogP contribution < -0.4 is 9.64 Å². The minimum absolute atomic E-state index is 0.0212. The topological polar surface area (TPSA) is 65.9 Å². The van der Waals surface area contributed by atoms with Gasteiger partial charge >= 0.3 is 0 Å². The Morgan fingerprint density at radius 3 is 2.88 bits per heavy atom. The van der Waals surface area contributed by atoms with Crippen LogP contribution in [0.15, 0.2) is 43.1 Å². The summed E-state index contributed by atoms with van der Waals surface area (Å²) in [6.07, 6.45) is 3.01. The minimum atomic E-state index is -0.558. The van der Waals surface area contributed by atoms with Gasteiger partial charge in [-0.3, -0.25) is 9.78 Å². The van der Waals surface area contributed by atoms with Crippen molar-refractivity contribution in [2.75, 3.05) is 24.6 Å². The Morgan fingerprint density at radius 2 is 2.15 bits per heavy atom. The maximum atomic E-state index is 14.7. The third-order valence-electron chi connectivity index (χ3n) is 6.55. The largest absolute Gasteiger partial charge is 0.507 e. The zero-order valence-electron chi connectivity index (χ0n) is 18.3. The van der Waals surface area contributed by atoms with Crippen LogP contribution in [0.4, 0.5) is 10.1 Å². The average Bonchev–Trinajstić information content (AvgIpc) is 2.79. The molecule has 0 unspecified atom stereocenters. The molecule has 1 saturated heterocycles. The number of benzene rings is 2. The van der Waals surface area contributed by atoms with Gasteiger partial charge in [-0.05, 0) is 43.7 Å². The van der Waals surface area contributed by atoms with E-state index in [-0.39, 0.29) is 29.3 Å². The fraction of sp³-hybridized carbons (Fsp3) is 0.280. The highest BCUT2D eigenvalue weighted by atomic mass is 35.5. The molecule has 170 valence electrons. The van der Waals surface area contributed by atoms with Crippen molar-refractivity contribution in [1.29, 1.82) is 0 Å². The number of phenolic OH excluding ortho intramolecular Hbond substituents is 1. The van der Waals surface area contributed by atoms with Gasteiger partial charge in [0.15, 0.2) is 5.75 Å². The number of aromatic nitrogens is 1. The normalized spacial score (nSPS) is 19.6. The van der Waals surface area contributed by atoms with Gasteiger partial charge in [-0.2, -0.15) is 0 Å². The van der Waals surface area contributed by atoms with Crippen LogP contribution in [0.5, 0.6) is 11.5 Å². The fourth-order valence-electron chi connectivity index (χ4n) is 4.96. The van der Waals surface area contributed by atoms with Crippen LogP contribution >= 0.6 is 11.6 Å². The number of anilines is 1. The summed E-state index contributed by atoms with van der Waals surface area (Å²) in [5, 5.41) is 11.4. The Kier molecular flexibility index (Phi) is 5.16. The lowest BCUT2D eigenvalue weighted by Gasteiger charge is -2.48. The molecule has 5 rings (SSSR count). The van der Waals surface area contributed by atoms with E-state index in [0.717, 1.165) is 11.1 Å². The maximum Gasteiger partial charge on any atom is 0.246 e. The third kappa shape index (κ3) is 3.30. The molecular formula is C25H23ClFN3O3. The van der Waals surface area contributed by atoms with Crippen LogP contribution in [-0.2, 0) is 4.79 Å². The number of rotatable bonds is 2.